The molecule has 1 aromatic carbocycles. The van der Waals surface area contributed by atoms with E-state index < -0.39 is 5.91 Å². The summed E-state index contributed by atoms with van der Waals surface area (Å²) in [5.41, 5.74) is 6.55. The van der Waals surface area contributed by atoms with Gasteiger partial charge in [-0.15, -0.1) is 0 Å². The zero-order valence-electron chi connectivity index (χ0n) is 9.44. The second-order valence-corrected chi connectivity index (χ2v) is 4.34. The van der Waals surface area contributed by atoms with Crippen LogP contribution in [0.2, 0.25) is 0 Å². The largest absolute Gasteiger partial charge is 0.373 e. The molecule has 1 atom stereocenters. The second-order valence-electron chi connectivity index (χ2n) is 3.71. The fourth-order valence-corrected chi connectivity index (χ4v) is 1.79. The first kappa shape index (κ1) is 12.9. The normalized spacial score (nSPS) is 12.1. The summed E-state index contributed by atoms with van der Waals surface area (Å²) in [5, 5.41) is 3.25. The lowest BCUT2D eigenvalue weighted by molar-refractivity contribution is 0.100. The third-order valence-corrected chi connectivity index (χ3v) is 2.73. The first-order chi connectivity index (χ1) is 7.65. The highest BCUT2D eigenvalue weighted by molar-refractivity contribution is 7.81. The van der Waals surface area contributed by atoms with Crippen LogP contribution in [0.4, 0.5) is 5.69 Å². The van der Waals surface area contributed by atoms with Crippen LogP contribution in [0.1, 0.15) is 36.5 Å². The summed E-state index contributed by atoms with van der Waals surface area (Å²) >= 11 is 4.43. The second kappa shape index (κ2) is 6.43. The molecule has 0 fully saturated rings. The Kier molecular flexibility index (Phi) is 5.19. The summed E-state index contributed by atoms with van der Waals surface area (Å²) in [5.74, 6) is -0.417. The van der Waals surface area contributed by atoms with Crippen molar-refractivity contribution in [3.05, 3.63) is 29.8 Å². The number of carbonyl (C=O) groups excluding carboxylic acids is 1. The Balaban J connectivity index is 2.69. The predicted octanol–water partition coefficient (Wildman–Crippen LogP) is 2.64. The zero-order chi connectivity index (χ0) is 12.0. The third kappa shape index (κ3) is 3.77. The van der Waals surface area contributed by atoms with E-state index in [1.807, 2.05) is 12.1 Å². The number of amides is 1. The Morgan fingerprint density at radius 2 is 2.19 bits per heavy atom. The topological polar surface area (TPSA) is 55.1 Å². The van der Waals surface area contributed by atoms with Crippen molar-refractivity contribution in [2.45, 2.75) is 31.6 Å². The Hall–Kier alpha value is -1.16. The lowest BCUT2D eigenvalue weighted by atomic mass is 10.1. The summed E-state index contributed by atoms with van der Waals surface area (Å²) in [7, 11) is 0. The van der Waals surface area contributed by atoms with Gasteiger partial charge in [0.15, 0.2) is 0 Å². The van der Waals surface area contributed by atoms with Gasteiger partial charge in [0.2, 0.25) is 0 Å². The third-order valence-electron chi connectivity index (χ3n) is 2.35. The van der Waals surface area contributed by atoms with Crippen molar-refractivity contribution in [2.75, 3.05) is 5.32 Å². The Morgan fingerprint density at radius 3 is 2.81 bits per heavy atom. The van der Waals surface area contributed by atoms with Gasteiger partial charge < -0.3 is 11.1 Å². The number of unbranched alkanes of at least 4 members (excludes halogenated alkanes) is 1. The molecule has 0 aliphatic carbocycles. The number of rotatable bonds is 6. The van der Waals surface area contributed by atoms with Gasteiger partial charge >= 0.3 is 0 Å². The molecule has 0 bridgehead atoms. The van der Waals surface area contributed by atoms with E-state index in [-0.39, 0.29) is 5.37 Å². The van der Waals surface area contributed by atoms with E-state index in [1.54, 1.807) is 12.1 Å². The van der Waals surface area contributed by atoms with Crippen LogP contribution in [-0.4, -0.2) is 11.3 Å². The number of para-hydroxylation sites is 1. The van der Waals surface area contributed by atoms with E-state index in [4.69, 9.17) is 5.73 Å². The number of thiol groups is 1. The maximum atomic E-state index is 11.2. The quantitative estimate of drug-likeness (QED) is 0.527. The summed E-state index contributed by atoms with van der Waals surface area (Å²) in [6.45, 7) is 2.14. The van der Waals surface area contributed by atoms with Crippen LogP contribution in [0.25, 0.3) is 0 Å². The molecule has 0 saturated carbocycles. The van der Waals surface area contributed by atoms with E-state index >= 15 is 0 Å². The molecule has 1 aromatic rings. The van der Waals surface area contributed by atoms with Crippen molar-refractivity contribution >= 4 is 24.2 Å². The van der Waals surface area contributed by atoms with Crippen LogP contribution in [0.5, 0.6) is 0 Å². The van der Waals surface area contributed by atoms with Crippen LogP contribution in [0.3, 0.4) is 0 Å². The highest BCUT2D eigenvalue weighted by Gasteiger charge is 2.09. The lowest BCUT2D eigenvalue weighted by Crippen LogP contribution is -2.18. The molecule has 1 unspecified atom stereocenters. The van der Waals surface area contributed by atoms with Crippen LogP contribution < -0.4 is 11.1 Å². The molecule has 0 radical (unpaired) electrons. The molecule has 0 aliphatic heterocycles. The Bertz CT molecular complexity index is 355. The molecule has 16 heavy (non-hydrogen) atoms. The van der Waals surface area contributed by atoms with E-state index in [1.165, 1.54) is 0 Å². The van der Waals surface area contributed by atoms with Gasteiger partial charge in [0.05, 0.1) is 10.9 Å². The van der Waals surface area contributed by atoms with E-state index in [0.717, 1.165) is 24.9 Å². The number of hydrogen-bond donors (Lipinski definition) is 3. The van der Waals surface area contributed by atoms with Gasteiger partial charge in [0, 0.05) is 5.69 Å². The molecular weight excluding hydrogens is 220 g/mol. The molecule has 0 heterocycles. The molecule has 4 heteroatoms. The van der Waals surface area contributed by atoms with Crippen LogP contribution >= 0.6 is 12.6 Å². The van der Waals surface area contributed by atoms with Crippen molar-refractivity contribution in [1.82, 2.24) is 0 Å². The Labute approximate surface area is 102 Å². The average molecular weight is 238 g/mol. The van der Waals surface area contributed by atoms with Gasteiger partial charge in [-0.3, -0.25) is 4.79 Å². The molecule has 3 nitrogen and oxygen atoms in total. The van der Waals surface area contributed by atoms with Crippen molar-refractivity contribution in [1.29, 1.82) is 0 Å². The minimum atomic E-state index is -0.417. The SMILES string of the molecule is CCCCC(S)Nc1ccccc1C(N)=O. The first-order valence-electron chi connectivity index (χ1n) is 5.48. The number of nitrogens with one attached hydrogen (secondary N) is 1. The van der Waals surface area contributed by atoms with Crippen LogP contribution in [-0.2, 0) is 0 Å². The number of primary amides is 1. The van der Waals surface area contributed by atoms with Gasteiger partial charge in [-0.2, -0.15) is 12.6 Å². The standard InChI is InChI=1S/C12H18N2OS/c1-2-3-8-11(16)14-10-7-5-4-6-9(10)12(13)15/h4-7,11,14,16H,2-3,8H2,1H3,(H2,13,15). The summed E-state index contributed by atoms with van der Waals surface area (Å²) in [6.07, 6.45) is 3.21. The Morgan fingerprint density at radius 1 is 1.50 bits per heavy atom. The molecule has 0 aromatic heterocycles. The minimum Gasteiger partial charge on any atom is -0.373 e. The van der Waals surface area contributed by atoms with Gasteiger partial charge in [-0.05, 0) is 18.6 Å². The number of nitrogens with two attached hydrogens (primary N) is 1. The van der Waals surface area contributed by atoms with Gasteiger partial charge in [0.1, 0.15) is 0 Å². The molecule has 88 valence electrons. The van der Waals surface area contributed by atoms with Gasteiger partial charge in [0.25, 0.3) is 5.91 Å². The van der Waals surface area contributed by atoms with Crippen LogP contribution in [0, 0.1) is 0 Å². The molecule has 0 saturated heterocycles. The zero-order valence-corrected chi connectivity index (χ0v) is 10.3. The number of benzene rings is 1. The predicted molar refractivity (Wildman–Crippen MR) is 70.9 cm³/mol. The summed E-state index contributed by atoms with van der Waals surface area (Å²) < 4.78 is 0. The number of hydrogen-bond acceptors (Lipinski definition) is 3. The fourth-order valence-electron chi connectivity index (χ4n) is 1.47. The highest BCUT2D eigenvalue weighted by atomic mass is 32.1. The maximum absolute atomic E-state index is 11.2. The summed E-state index contributed by atoms with van der Waals surface area (Å²) in [4.78, 5) is 11.2. The molecule has 3 N–H and O–H groups in total. The van der Waals surface area contributed by atoms with Crippen molar-refractivity contribution < 1.29 is 4.79 Å². The van der Waals surface area contributed by atoms with E-state index in [2.05, 4.69) is 24.9 Å². The first-order valence-corrected chi connectivity index (χ1v) is 6.00. The molecule has 0 spiro atoms. The van der Waals surface area contributed by atoms with Gasteiger partial charge in [-0.1, -0.05) is 31.9 Å². The molecule has 1 rings (SSSR count). The molecule has 1 amide bonds. The lowest BCUT2D eigenvalue weighted by Gasteiger charge is -2.15. The van der Waals surface area contributed by atoms with Crippen molar-refractivity contribution in [3.63, 3.8) is 0 Å². The van der Waals surface area contributed by atoms with E-state index in [0.29, 0.717) is 5.56 Å². The summed E-state index contributed by atoms with van der Waals surface area (Å²) in [6, 6.07) is 7.22. The number of anilines is 1. The molecular formula is C12H18N2OS. The maximum Gasteiger partial charge on any atom is 0.250 e. The van der Waals surface area contributed by atoms with Gasteiger partial charge in [-0.25, -0.2) is 0 Å². The monoisotopic (exact) mass is 238 g/mol. The smallest absolute Gasteiger partial charge is 0.250 e. The minimum absolute atomic E-state index is 0.0560. The highest BCUT2D eigenvalue weighted by Crippen LogP contribution is 2.18. The van der Waals surface area contributed by atoms with Crippen molar-refractivity contribution in [3.8, 4) is 0 Å². The van der Waals surface area contributed by atoms with Crippen LogP contribution in [0.15, 0.2) is 24.3 Å². The van der Waals surface area contributed by atoms with Crippen molar-refractivity contribution in [2.24, 2.45) is 5.73 Å². The fraction of sp³-hybridized carbons (Fsp3) is 0.417. The molecule has 0 aliphatic rings. The number of carbonyl (C=O) groups is 1. The average Bonchev–Trinajstić information content (AvgIpc) is 2.27. The van der Waals surface area contributed by atoms with E-state index in [9.17, 15) is 4.79 Å².